The number of anilines is 1. The second-order valence-electron chi connectivity index (χ2n) is 4.48. The minimum Gasteiger partial charge on any atom is -0.462 e. The van der Waals surface area contributed by atoms with Gasteiger partial charge in [-0.15, -0.1) is 0 Å². The first-order valence-corrected chi connectivity index (χ1v) is 6.28. The Hall–Kier alpha value is -1.84. The largest absolute Gasteiger partial charge is 0.462 e. The van der Waals surface area contributed by atoms with Gasteiger partial charge < -0.3 is 10.1 Å². The van der Waals surface area contributed by atoms with Crippen LogP contribution in [0.1, 0.15) is 36.5 Å². The molecule has 0 radical (unpaired) electrons. The average Bonchev–Trinajstić information content (AvgIpc) is 3.20. The summed E-state index contributed by atoms with van der Waals surface area (Å²) in [6, 6.07) is 6.85. The van der Waals surface area contributed by atoms with Crippen LogP contribution in [0.15, 0.2) is 24.3 Å². The molecule has 0 spiro atoms. The van der Waals surface area contributed by atoms with Crippen molar-refractivity contribution in [3.63, 3.8) is 0 Å². The predicted molar refractivity (Wildman–Crippen MR) is 68.4 cm³/mol. The lowest BCUT2D eigenvalue weighted by molar-refractivity contribution is -0.117. The van der Waals surface area contributed by atoms with E-state index in [1.54, 1.807) is 24.3 Å². The van der Waals surface area contributed by atoms with Crippen molar-refractivity contribution in [2.75, 3.05) is 11.9 Å². The highest BCUT2D eigenvalue weighted by Crippen LogP contribution is 2.30. The van der Waals surface area contributed by atoms with Gasteiger partial charge in [0.25, 0.3) is 0 Å². The molecule has 2 rings (SSSR count). The molecule has 96 valence electrons. The summed E-state index contributed by atoms with van der Waals surface area (Å²) in [7, 11) is 0. The number of ether oxygens (including phenoxy) is 1. The van der Waals surface area contributed by atoms with Crippen LogP contribution < -0.4 is 5.32 Å². The van der Waals surface area contributed by atoms with Crippen molar-refractivity contribution in [2.24, 2.45) is 5.92 Å². The summed E-state index contributed by atoms with van der Waals surface area (Å²) in [5.74, 6) is -0.158. The fourth-order valence-electron chi connectivity index (χ4n) is 1.59. The van der Waals surface area contributed by atoms with Crippen LogP contribution in [0.5, 0.6) is 0 Å². The van der Waals surface area contributed by atoms with Gasteiger partial charge in [-0.05, 0) is 37.5 Å². The molecule has 1 aromatic carbocycles. The molecule has 0 atom stereocenters. The highest BCUT2D eigenvalue weighted by Gasteiger charge is 2.29. The Labute approximate surface area is 106 Å². The van der Waals surface area contributed by atoms with Crippen LogP contribution in [0.4, 0.5) is 5.69 Å². The van der Waals surface area contributed by atoms with Gasteiger partial charge in [-0.25, -0.2) is 4.79 Å². The van der Waals surface area contributed by atoms with Crippen molar-refractivity contribution in [2.45, 2.75) is 26.2 Å². The van der Waals surface area contributed by atoms with Crippen molar-refractivity contribution in [3.8, 4) is 0 Å². The third-order valence-electron chi connectivity index (χ3n) is 2.75. The second kappa shape index (κ2) is 5.67. The molecule has 4 nitrogen and oxygen atoms in total. The topological polar surface area (TPSA) is 55.4 Å². The van der Waals surface area contributed by atoms with E-state index in [9.17, 15) is 9.59 Å². The number of nitrogens with one attached hydrogen (secondary N) is 1. The van der Waals surface area contributed by atoms with Crippen LogP contribution in [0.2, 0.25) is 0 Å². The summed E-state index contributed by atoms with van der Waals surface area (Å²) < 4.78 is 5.05. The van der Waals surface area contributed by atoms with Gasteiger partial charge in [-0.3, -0.25) is 4.79 Å². The van der Waals surface area contributed by atoms with E-state index in [1.165, 1.54) is 0 Å². The van der Waals surface area contributed by atoms with Crippen LogP contribution >= 0.6 is 0 Å². The lowest BCUT2D eigenvalue weighted by Gasteiger charge is -2.07. The quantitative estimate of drug-likeness (QED) is 0.814. The van der Waals surface area contributed by atoms with Crippen molar-refractivity contribution in [1.82, 2.24) is 0 Å². The number of carbonyl (C=O) groups is 2. The van der Waals surface area contributed by atoms with Crippen LogP contribution in [0, 0.1) is 5.92 Å². The van der Waals surface area contributed by atoms with E-state index in [0.29, 0.717) is 17.9 Å². The molecule has 1 aliphatic carbocycles. The minimum absolute atomic E-state index is 0.0362. The van der Waals surface area contributed by atoms with Crippen molar-refractivity contribution >= 4 is 17.6 Å². The molecule has 1 aromatic rings. The molecule has 0 aliphatic heterocycles. The maximum Gasteiger partial charge on any atom is 0.338 e. The first kappa shape index (κ1) is 12.6. The second-order valence-corrected chi connectivity index (χ2v) is 4.48. The summed E-state index contributed by atoms with van der Waals surface area (Å²) in [4.78, 5) is 23.3. The number of hydrogen-bond acceptors (Lipinski definition) is 3. The number of benzene rings is 1. The Bertz CT molecular complexity index is 452. The normalized spacial score (nSPS) is 14.1. The molecule has 0 heterocycles. The minimum atomic E-state index is -0.348. The average molecular weight is 247 g/mol. The molecule has 0 bridgehead atoms. The first-order valence-electron chi connectivity index (χ1n) is 6.28. The number of carbonyl (C=O) groups excluding carboxylic acids is 2. The van der Waals surface area contributed by atoms with Gasteiger partial charge in [-0.2, -0.15) is 0 Å². The third kappa shape index (κ3) is 3.32. The number of rotatable bonds is 5. The molecular formula is C14H17NO3. The summed E-state index contributed by atoms with van der Waals surface area (Å²) in [6.07, 6.45) is 2.72. The molecule has 0 unspecified atom stereocenters. The standard InChI is InChI=1S/C14H17NO3/c1-2-8-18-14(17)11-4-3-5-12(9-11)15-13(16)10-6-7-10/h3-5,9-10H,2,6-8H2,1H3,(H,15,16). The maximum atomic E-state index is 11.7. The van der Waals surface area contributed by atoms with E-state index in [0.717, 1.165) is 19.3 Å². The number of hydrogen-bond donors (Lipinski definition) is 1. The maximum absolute atomic E-state index is 11.7. The highest BCUT2D eigenvalue weighted by atomic mass is 16.5. The first-order chi connectivity index (χ1) is 8.70. The molecule has 0 saturated heterocycles. The number of esters is 1. The smallest absolute Gasteiger partial charge is 0.338 e. The fraction of sp³-hybridized carbons (Fsp3) is 0.429. The Kier molecular flexibility index (Phi) is 3.97. The molecule has 18 heavy (non-hydrogen) atoms. The lowest BCUT2D eigenvalue weighted by atomic mass is 10.2. The fourth-order valence-corrected chi connectivity index (χ4v) is 1.59. The molecule has 1 fully saturated rings. The summed E-state index contributed by atoms with van der Waals surface area (Å²) in [6.45, 7) is 2.36. The van der Waals surface area contributed by atoms with Crippen molar-refractivity contribution < 1.29 is 14.3 Å². The SMILES string of the molecule is CCCOC(=O)c1cccc(NC(=O)C2CC2)c1. The Balaban J connectivity index is 1.99. The van der Waals surface area contributed by atoms with Gasteiger partial charge >= 0.3 is 5.97 Å². The van der Waals surface area contributed by atoms with Crippen LogP contribution in [-0.2, 0) is 9.53 Å². The molecule has 4 heteroatoms. The lowest BCUT2D eigenvalue weighted by Crippen LogP contribution is -2.14. The summed E-state index contributed by atoms with van der Waals surface area (Å²) >= 11 is 0. The molecule has 0 aromatic heterocycles. The van der Waals surface area contributed by atoms with Crippen LogP contribution in [-0.4, -0.2) is 18.5 Å². The van der Waals surface area contributed by atoms with Gasteiger partial charge in [0.1, 0.15) is 0 Å². The van der Waals surface area contributed by atoms with Crippen molar-refractivity contribution in [1.29, 1.82) is 0 Å². The molecular weight excluding hydrogens is 230 g/mol. The molecule has 1 aliphatic rings. The van der Waals surface area contributed by atoms with Crippen LogP contribution in [0.3, 0.4) is 0 Å². The van der Waals surface area contributed by atoms with E-state index in [-0.39, 0.29) is 17.8 Å². The third-order valence-corrected chi connectivity index (χ3v) is 2.75. The monoisotopic (exact) mass is 247 g/mol. The number of amides is 1. The Morgan fingerprint density at radius 2 is 2.17 bits per heavy atom. The summed E-state index contributed by atoms with van der Waals surface area (Å²) in [5, 5.41) is 2.81. The van der Waals surface area contributed by atoms with E-state index in [2.05, 4.69) is 5.32 Å². The Morgan fingerprint density at radius 1 is 1.39 bits per heavy atom. The van der Waals surface area contributed by atoms with E-state index in [1.807, 2.05) is 6.92 Å². The molecule has 1 N–H and O–H groups in total. The highest BCUT2D eigenvalue weighted by molar-refractivity contribution is 5.96. The van der Waals surface area contributed by atoms with E-state index >= 15 is 0 Å². The van der Waals surface area contributed by atoms with E-state index < -0.39 is 0 Å². The van der Waals surface area contributed by atoms with Gasteiger partial charge in [0.15, 0.2) is 0 Å². The zero-order chi connectivity index (χ0) is 13.0. The molecule has 1 amide bonds. The van der Waals surface area contributed by atoms with Gasteiger partial charge in [0, 0.05) is 11.6 Å². The summed E-state index contributed by atoms with van der Waals surface area (Å²) in [5.41, 5.74) is 1.12. The predicted octanol–water partition coefficient (Wildman–Crippen LogP) is 2.60. The zero-order valence-corrected chi connectivity index (χ0v) is 10.4. The van der Waals surface area contributed by atoms with Gasteiger partial charge in [0.05, 0.1) is 12.2 Å². The molecule has 1 saturated carbocycles. The zero-order valence-electron chi connectivity index (χ0n) is 10.4. The van der Waals surface area contributed by atoms with Gasteiger partial charge in [-0.1, -0.05) is 13.0 Å². The Morgan fingerprint density at radius 3 is 2.83 bits per heavy atom. The van der Waals surface area contributed by atoms with Crippen LogP contribution in [0.25, 0.3) is 0 Å². The van der Waals surface area contributed by atoms with Gasteiger partial charge in [0.2, 0.25) is 5.91 Å². The van der Waals surface area contributed by atoms with Crippen molar-refractivity contribution in [3.05, 3.63) is 29.8 Å². The van der Waals surface area contributed by atoms with E-state index in [4.69, 9.17) is 4.74 Å².